The first-order chi connectivity index (χ1) is 11.8. The SMILES string of the molecule is O=C(Nc1ccc(C(F)(F)F)cc1)C1CC(c2ccc(F)cc2)=NO1. The maximum Gasteiger partial charge on any atom is 0.416 e. The molecular weight excluding hydrogens is 340 g/mol. The summed E-state index contributed by atoms with van der Waals surface area (Å²) in [4.78, 5) is 17.2. The number of alkyl halides is 3. The number of carbonyl (C=O) groups is 1. The maximum absolute atomic E-state index is 12.9. The number of nitrogens with zero attached hydrogens (tertiary/aromatic N) is 1. The van der Waals surface area contributed by atoms with Gasteiger partial charge in [-0.25, -0.2) is 4.39 Å². The summed E-state index contributed by atoms with van der Waals surface area (Å²) in [6, 6.07) is 9.67. The number of anilines is 1. The standard InChI is InChI=1S/C17H12F4N2O2/c18-12-5-1-10(2-6-12)14-9-15(25-23-14)16(24)22-13-7-3-11(4-8-13)17(19,20)21/h1-8,15H,9H2,(H,22,24). The summed E-state index contributed by atoms with van der Waals surface area (Å²) in [5.41, 5.74) is 0.542. The number of amides is 1. The van der Waals surface area contributed by atoms with Crippen LogP contribution in [0.2, 0.25) is 0 Å². The van der Waals surface area contributed by atoms with Crippen LogP contribution >= 0.6 is 0 Å². The highest BCUT2D eigenvalue weighted by atomic mass is 19.4. The van der Waals surface area contributed by atoms with Crippen molar-refractivity contribution in [2.45, 2.75) is 18.7 Å². The number of benzene rings is 2. The third-order valence-electron chi connectivity index (χ3n) is 3.62. The van der Waals surface area contributed by atoms with E-state index in [4.69, 9.17) is 4.84 Å². The zero-order chi connectivity index (χ0) is 18.0. The van der Waals surface area contributed by atoms with Crippen molar-refractivity contribution in [3.63, 3.8) is 0 Å². The molecule has 1 atom stereocenters. The number of hydrogen-bond acceptors (Lipinski definition) is 3. The molecule has 1 heterocycles. The first kappa shape index (κ1) is 16.9. The topological polar surface area (TPSA) is 50.7 Å². The maximum atomic E-state index is 12.9. The van der Waals surface area contributed by atoms with Crippen molar-refractivity contribution >= 4 is 17.3 Å². The van der Waals surface area contributed by atoms with Gasteiger partial charge in [-0.3, -0.25) is 4.79 Å². The highest BCUT2D eigenvalue weighted by molar-refractivity contribution is 6.06. The lowest BCUT2D eigenvalue weighted by Gasteiger charge is -2.11. The van der Waals surface area contributed by atoms with Gasteiger partial charge < -0.3 is 10.2 Å². The van der Waals surface area contributed by atoms with E-state index in [2.05, 4.69) is 10.5 Å². The van der Waals surface area contributed by atoms with Gasteiger partial charge in [0.25, 0.3) is 5.91 Å². The van der Waals surface area contributed by atoms with Gasteiger partial charge in [0.1, 0.15) is 5.82 Å². The van der Waals surface area contributed by atoms with Gasteiger partial charge in [0, 0.05) is 12.1 Å². The van der Waals surface area contributed by atoms with E-state index in [1.165, 1.54) is 24.3 Å². The van der Waals surface area contributed by atoms with Crippen molar-refractivity contribution in [3.8, 4) is 0 Å². The number of halogens is 4. The summed E-state index contributed by atoms with van der Waals surface area (Å²) in [6.07, 6.45) is -5.16. The number of oxime groups is 1. The molecule has 0 spiro atoms. The minimum absolute atomic E-state index is 0.179. The Balaban J connectivity index is 1.61. The molecule has 8 heteroatoms. The molecule has 1 unspecified atom stereocenters. The van der Waals surface area contributed by atoms with E-state index in [1.54, 1.807) is 0 Å². The minimum Gasteiger partial charge on any atom is -0.382 e. The molecule has 0 saturated carbocycles. The van der Waals surface area contributed by atoms with Crippen molar-refractivity contribution < 1.29 is 27.2 Å². The first-order valence-electron chi connectivity index (χ1n) is 7.30. The largest absolute Gasteiger partial charge is 0.416 e. The van der Waals surface area contributed by atoms with E-state index in [1.807, 2.05) is 0 Å². The van der Waals surface area contributed by atoms with Crippen LogP contribution in [0.4, 0.5) is 23.2 Å². The second-order valence-electron chi connectivity index (χ2n) is 5.41. The normalized spacial score (nSPS) is 17.0. The van der Waals surface area contributed by atoms with E-state index < -0.39 is 23.8 Å². The molecule has 0 aromatic heterocycles. The van der Waals surface area contributed by atoms with Crippen LogP contribution in [0.25, 0.3) is 0 Å². The zero-order valence-electron chi connectivity index (χ0n) is 12.7. The molecule has 0 saturated heterocycles. The molecule has 0 fully saturated rings. The molecule has 1 N–H and O–H groups in total. The smallest absolute Gasteiger partial charge is 0.382 e. The van der Waals surface area contributed by atoms with Gasteiger partial charge in [-0.15, -0.1) is 0 Å². The van der Waals surface area contributed by atoms with Crippen molar-refractivity contribution in [2.75, 3.05) is 5.32 Å². The summed E-state index contributed by atoms with van der Waals surface area (Å²) in [5.74, 6) is -0.916. The van der Waals surface area contributed by atoms with Crippen molar-refractivity contribution in [1.82, 2.24) is 0 Å². The summed E-state index contributed by atoms with van der Waals surface area (Å²) < 4.78 is 50.5. The number of hydrogen-bond donors (Lipinski definition) is 1. The summed E-state index contributed by atoms with van der Waals surface area (Å²) in [6.45, 7) is 0. The van der Waals surface area contributed by atoms with Gasteiger partial charge in [-0.2, -0.15) is 13.2 Å². The molecule has 2 aromatic rings. The van der Waals surface area contributed by atoms with Crippen LogP contribution in [0.3, 0.4) is 0 Å². The van der Waals surface area contributed by atoms with E-state index >= 15 is 0 Å². The average Bonchev–Trinajstić information content (AvgIpc) is 3.05. The fourth-order valence-corrected chi connectivity index (χ4v) is 2.30. The second-order valence-corrected chi connectivity index (χ2v) is 5.41. The molecule has 0 aliphatic carbocycles. The van der Waals surface area contributed by atoms with Crippen LogP contribution in [-0.2, 0) is 15.8 Å². The summed E-state index contributed by atoms with van der Waals surface area (Å²) in [5, 5.41) is 6.29. The van der Waals surface area contributed by atoms with E-state index in [9.17, 15) is 22.4 Å². The Kier molecular flexibility index (Phi) is 4.43. The van der Waals surface area contributed by atoms with Crippen molar-refractivity contribution in [3.05, 3.63) is 65.5 Å². The lowest BCUT2D eigenvalue weighted by atomic mass is 10.0. The first-order valence-corrected chi connectivity index (χ1v) is 7.30. The van der Waals surface area contributed by atoms with Gasteiger partial charge in [-0.1, -0.05) is 17.3 Å². The predicted molar refractivity (Wildman–Crippen MR) is 82.5 cm³/mol. The van der Waals surface area contributed by atoms with E-state index in [0.717, 1.165) is 24.3 Å². The molecule has 1 aliphatic heterocycles. The molecule has 4 nitrogen and oxygen atoms in total. The molecule has 0 radical (unpaired) electrons. The summed E-state index contributed by atoms with van der Waals surface area (Å²) >= 11 is 0. The van der Waals surface area contributed by atoms with Crippen LogP contribution < -0.4 is 5.32 Å². The van der Waals surface area contributed by atoms with Crippen LogP contribution in [-0.4, -0.2) is 17.7 Å². The molecule has 1 aliphatic rings. The lowest BCUT2D eigenvalue weighted by Crippen LogP contribution is -2.28. The van der Waals surface area contributed by atoms with Crippen molar-refractivity contribution in [1.29, 1.82) is 0 Å². The van der Waals surface area contributed by atoms with Gasteiger partial charge in [-0.05, 0) is 42.0 Å². The minimum atomic E-state index is -4.44. The van der Waals surface area contributed by atoms with Crippen LogP contribution in [0.5, 0.6) is 0 Å². The molecule has 1 amide bonds. The monoisotopic (exact) mass is 352 g/mol. The van der Waals surface area contributed by atoms with Gasteiger partial charge in [0.05, 0.1) is 11.3 Å². The zero-order valence-corrected chi connectivity index (χ0v) is 12.7. The predicted octanol–water partition coefficient (Wildman–Crippen LogP) is 3.98. The Labute approximate surface area is 140 Å². The lowest BCUT2D eigenvalue weighted by molar-refractivity contribution is -0.137. The Morgan fingerprint density at radius 2 is 1.72 bits per heavy atom. The third kappa shape index (κ3) is 3.96. The summed E-state index contributed by atoms with van der Waals surface area (Å²) in [7, 11) is 0. The molecule has 0 bridgehead atoms. The second kappa shape index (κ2) is 6.54. The molecule has 2 aromatic carbocycles. The molecule has 3 rings (SSSR count). The molecule has 130 valence electrons. The molecular formula is C17H12F4N2O2. The quantitative estimate of drug-likeness (QED) is 0.850. The Hall–Kier alpha value is -2.90. The van der Waals surface area contributed by atoms with Gasteiger partial charge in [0.15, 0.2) is 0 Å². The number of carbonyl (C=O) groups excluding carboxylic acids is 1. The van der Waals surface area contributed by atoms with E-state index in [0.29, 0.717) is 11.3 Å². The number of nitrogens with one attached hydrogen (secondary N) is 1. The third-order valence-corrected chi connectivity index (χ3v) is 3.62. The highest BCUT2D eigenvalue weighted by Gasteiger charge is 2.31. The fourth-order valence-electron chi connectivity index (χ4n) is 2.30. The fraction of sp³-hybridized carbons (Fsp3) is 0.176. The van der Waals surface area contributed by atoms with Crippen LogP contribution in [0.15, 0.2) is 53.7 Å². The Bertz CT molecular complexity index is 799. The van der Waals surface area contributed by atoms with E-state index in [-0.39, 0.29) is 17.9 Å². The van der Waals surface area contributed by atoms with Crippen molar-refractivity contribution in [2.24, 2.45) is 5.16 Å². The average molecular weight is 352 g/mol. The van der Waals surface area contributed by atoms with Gasteiger partial charge >= 0.3 is 6.18 Å². The molecule has 25 heavy (non-hydrogen) atoms. The van der Waals surface area contributed by atoms with Crippen LogP contribution in [0, 0.1) is 5.82 Å². The highest BCUT2D eigenvalue weighted by Crippen LogP contribution is 2.30. The Morgan fingerprint density at radius 3 is 2.32 bits per heavy atom. The Morgan fingerprint density at radius 1 is 1.08 bits per heavy atom. The number of rotatable bonds is 3. The van der Waals surface area contributed by atoms with Gasteiger partial charge in [0.2, 0.25) is 6.10 Å². The van der Waals surface area contributed by atoms with Crippen LogP contribution in [0.1, 0.15) is 17.5 Å².